The SMILES string of the molecule is CNC(CCCCN(OC(C)=O)C(C)=N)C(=O)OC. The topological polar surface area (TPSA) is 91.7 Å². The normalized spacial score (nSPS) is 11.6. The van der Waals surface area contributed by atoms with Crippen LogP contribution >= 0.6 is 0 Å². The number of esters is 1. The zero-order valence-electron chi connectivity index (χ0n) is 12.0. The Kier molecular flexibility index (Phi) is 8.52. The highest BCUT2D eigenvalue weighted by atomic mass is 16.7. The summed E-state index contributed by atoms with van der Waals surface area (Å²) in [6, 6.07) is -0.326. The molecule has 7 nitrogen and oxygen atoms in total. The summed E-state index contributed by atoms with van der Waals surface area (Å²) in [5, 5.41) is 11.6. The Bertz CT molecular complexity index is 320. The Morgan fingerprint density at radius 2 is 1.95 bits per heavy atom. The predicted molar refractivity (Wildman–Crippen MR) is 70.6 cm³/mol. The third-order valence-electron chi connectivity index (χ3n) is 2.55. The van der Waals surface area contributed by atoms with Crippen molar-refractivity contribution >= 4 is 17.8 Å². The maximum Gasteiger partial charge on any atom is 0.329 e. The molecule has 0 rings (SSSR count). The average Bonchev–Trinajstić information content (AvgIpc) is 2.35. The molecular weight excluding hydrogens is 250 g/mol. The van der Waals surface area contributed by atoms with Crippen LogP contribution in [0.25, 0.3) is 0 Å². The van der Waals surface area contributed by atoms with Crippen molar-refractivity contribution in [3.05, 3.63) is 0 Å². The molecule has 0 saturated carbocycles. The number of amidine groups is 1. The molecule has 1 atom stereocenters. The first-order valence-corrected chi connectivity index (χ1v) is 6.18. The van der Waals surface area contributed by atoms with E-state index in [1.165, 1.54) is 19.1 Å². The lowest BCUT2D eigenvalue weighted by Crippen LogP contribution is -2.35. The molecule has 0 heterocycles. The van der Waals surface area contributed by atoms with Gasteiger partial charge in [-0.1, -0.05) is 0 Å². The van der Waals surface area contributed by atoms with E-state index in [9.17, 15) is 9.59 Å². The third kappa shape index (κ3) is 7.40. The molecule has 0 aromatic heterocycles. The van der Waals surface area contributed by atoms with Gasteiger partial charge >= 0.3 is 11.9 Å². The molecule has 19 heavy (non-hydrogen) atoms. The first kappa shape index (κ1) is 17.4. The van der Waals surface area contributed by atoms with Crippen LogP contribution in [0.2, 0.25) is 0 Å². The van der Waals surface area contributed by atoms with E-state index < -0.39 is 5.97 Å². The van der Waals surface area contributed by atoms with E-state index in [2.05, 4.69) is 10.1 Å². The summed E-state index contributed by atoms with van der Waals surface area (Å²) in [6.45, 7) is 3.28. The van der Waals surface area contributed by atoms with Crippen LogP contribution in [0, 0.1) is 5.41 Å². The lowest BCUT2D eigenvalue weighted by atomic mass is 10.1. The van der Waals surface area contributed by atoms with E-state index in [-0.39, 0.29) is 17.8 Å². The molecular formula is C12H23N3O4. The van der Waals surface area contributed by atoms with Crippen molar-refractivity contribution in [3.8, 4) is 0 Å². The summed E-state index contributed by atoms with van der Waals surface area (Å²) in [6.07, 6.45) is 2.10. The molecule has 0 radical (unpaired) electrons. The van der Waals surface area contributed by atoms with Gasteiger partial charge in [0.15, 0.2) is 0 Å². The van der Waals surface area contributed by atoms with Gasteiger partial charge in [0.2, 0.25) is 0 Å². The smallest absolute Gasteiger partial charge is 0.329 e. The van der Waals surface area contributed by atoms with E-state index >= 15 is 0 Å². The first-order chi connectivity index (χ1) is 8.92. The Hall–Kier alpha value is -1.63. The summed E-state index contributed by atoms with van der Waals surface area (Å²) in [5.74, 6) is -0.565. The Morgan fingerprint density at radius 1 is 1.32 bits per heavy atom. The van der Waals surface area contributed by atoms with Crippen LogP contribution in [0.3, 0.4) is 0 Å². The van der Waals surface area contributed by atoms with Crippen LogP contribution < -0.4 is 5.32 Å². The van der Waals surface area contributed by atoms with Gasteiger partial charge in [-0.05, 0) is 33.2 Å². The number of hydrogen-bond acceptors (Lipinski definition) is 6. The van der Waals surface area contributed by atoms with Crippen molar-refractivity contribution in [1.29, 1.82) is 5.41 Å². The minimum Gasteiger partial charge on any atom is -0.468 e. The molecule has 0 aliphatic rings. The number of unbranched alkanes of at least 4 members (excludes halogenated alkanes) is 1. The Balaban J connectivity index is 4.02. The maximum atomic E-state index is 11.3. The van der Waals surface area contributed by atoms with Crippen molar-refractivity contribution in [1.82, 2.24) is 10.4 Å². The molecule has 110 valence electrons. The Morgan fingerprint density at radius 3 is 2.37 bits per heavy atom. The molecule has 0 bridgehead atoms. The zero-order valence-corrected chi connectivity index (χ0v) is 12.0. The summed E-state index contributed by atoms with van der Waals surface area (Å²) >= 11 is 0. The molecule has 1 unspecified atom stereocenters. The molecule has 0 spiro atoms. The molecule has 7 heteroatoms. The number of carbonyl (C=O) groups is 2. The van der Waals surface area contributed by atoms with E-state index in [0.29, 0.717) is 19.4 Å². The van der Waals surface area contributed by atoms with Gasteiger partial charge in [-0.3, -0.25) is 15.0 Å². The lowest BCUT2D eigenvalue weighted by molar-refractivity contribution is -0.170. The highest BCUT2D eigenvalue weighted by Gasteiger charge is 2.16. The standard InChI is InChI=1S/C12H23N3O4/c1-9(13)15(19-10(2)16)8-6-5-7-11(14-3)12(17)18-4/h11,13-14H,5-8H2,1-4H3. The molecule has 0 aromatic rings. The van der Waals surface area contributed by atoms with Crippen LogP contribution in [-0.4, -0.2) is 49.6 Å². The van der Waals surface area contributed by atoms with Crippen molar-refractivity contribution in [2.45, 2.75) is 39.2 Å². The highest BCUT2D eigenvalue weighted by molar-refractivity contribution is 5.77. The number of carbonyl (C=O) groups excluding carboxylic acids is 2. The fourth-order valence-electron chi connectivity index (χ4n) is 1.56. The molecule has 0 fully saturated rings. The summed E-state index contributed by atoms with van der Waals surface area (Å²) in [4.78, 5) is 27.0. The van der Waals surface area contributed by atoms with Crippen LogP contribution in [0.15, 0.2) is 0 Å². The highest BCUT2D eigenvalue weighted by Crippen LogP contribution is 2.05. The number of hydrogen-bond donors (Lipinski definition) is 2. The second-order valence-corrected chi connectivity index (χ2v) is 4.13. The van der Waals surface area contributed by atoms with Gasteiger partial charge in [0.05, 0.1) is 13.7 Å². The van der Waals surface area contributed by atoms with Crippen molar-refractivity contribution in [3.63, 3.8) is 0 Å². The second kappa shape index (κ2) is 9.32. The van der Waals surface area contributed by atoms with Crippen molar-refractivity contribution in [2.75, 3.05) is 20.7 Å². The summed E-state index contributed by atoms with van der Waals surface area (Å²) < 4.78 is 4.66. The molecule has 0 aliphatic heterocycles. The monoisotopic (exact) mass is 273 g/mol. The number of methoxy groups -OCH3 is 1. The van der Waals surface area contributed by atoms with Gasteiger partial charge in [-0.25, -0.2) is 0 Å². The van der Waals surface area contributed by atoms with Crippen LogP contribution in [-0.2, 0) is 19.2 Å². The fraction of sp³-hybridized carbons (Fsp3) is 0.750. The van der Waals surface area contributed by atoms with Gasteiger partial charge in [-0.15, -0.1) is 0 Å². The van der Waals surface area contributed by atoms with E-state index in [0.717, 1.165) is 6.42 Å². The summed E-state index contributed by atoms with van der Waals surface area (Å²) in [7, 11) is 3.06. The average molecular weight is 273 g/mol. The first-order valence-electron chi connectivity index (χ1n) is 6.18. The summed E-state index contributed by atoms with van der Waals surface area (Å²) in [5.41, 5.74) is 0. The third-order valence-corrected chi connectivity index (χ3v) is 2.55. The van der Waals surface area contributed by atoms with Crippen LogP contribution in [0.5, 0.6) is 0 Å². The second-order valence-electron chi connectivity index (χ2n) is 4.13. The number of likely N-dealkylation sites (N-methyl/N-ethyl adjacent to an activating group) is 1. The minimum absolute atomic E-state index is 0.174. The zero-order chi connectivity index (χ0) is 14.8. The maximum absolute atomic E-state index is 11.3. The molecule has 0 saturated heterocycles. The van der Waals surface area contributed by atoms with Gasteiger partial charge in [0, 0.05) is 6.92 Å². The fourth-order valence-corrected chi connectivity index (χ4v) is 1.56. The quantitative estimate of drug-likeness (QED) is 0.233. The van der Waals surface area contributed by atoms with Gasteiger partial charge in [-0.2, -0.15) is 5.06 Å². The van der Waals surface area contributed by atoms with Crippen molar-refractivity contribution < 1.29 is 19.2 Å². The van der Waals surface area contributed by atoms with E-state index in [4.69, 9.17) is 10.2 Å². The van der Waals surface area contributed by atoms with E-state index in [1.54, 1.807) is 14.0 Å². The number of rotatable bonds is 7. The number of ether oxygens (including phenoxy) is 1. The molecule has 2 N–H and O–H groups in total. The number of nitrogens with one attached hydrogen (secondary N) is 2. The number of hydroxylamine groups is 2. The van der Waals surface area contributed by atoms with Crippen LogP contribution in [0.4, 0.5) is 0 Å². The van der Waals surface area contributed by atoms with E-state index in [1.807, 2.05) is 0 Å². The minimum atomic E-state index is -0.450. The largest absolute Gasteiger partial charge is 0.468 e. The predicted octanol–water partition coefficient (Wildman–Crippen LogP) is 0.695. The van der Waals surface area contributed by atoms with Crippen LogP contribution in [0.1, 0.15) is 33.1 Å². The Labute approximate surface area is 113 Å². The molecule has 0 amide bonds. The molecule has 0 aromatic carbocycles. The van der Waals surface area contributed by atoms with Gasteiger partial charge in [0.25, 0.3) is 0 Å². The molecule has 0 aliphatic carbocycles. The number of nitrogens with zero attached hydrogens (tertiary/aromatic N) is 1. The van der Waals surface area contributed by atoms with Gasteiger partial charge in [0.1, 0.15) is 11.9 Å². The lowest BCUT2D eigenvalue weighted by Gasteiger charge is -2.21. The van der Waals surface area contributed by atoms with Gasteiger partial charge < -0.3 is 14.9 Å². The van der Waals surface area contributed by atoms with Crippen molar-refractivity contribution in [2.24, 2.45) is 0 Å².